The Morgan fingerprint density at radius 1 is 1.43 bits per heavy atom. The number of nitrogens with one attached hydrogen (secondary N) is 1. The minimum Gasteiger partial charge on any atom is -0.353 e. The molecule has 9 heteroatoms. The predicted octanol–water partition coefficient (Wildman–Crippen LogP) is 1.77. The van der Waals surface area contributed by atoms with Gasteiger partial charge < -0.3 is 10.2 Å². The summed E-state index contributed by atoms with van der Waals surface area (Å²) in [6.45, 7) is 4.56. The number of likely N-dealkylation sites (tertiary alicyclic amines) is 1. The first kappa shape index (κ1) is 15.4. The molecule has 1 atom stereocenters. The molecule has 2 heterocycles. The van der Waals surface area contributed by atoms with Gasteiger partial charge in [-0.2, -0.15) is 4.98 Å². The molecule has 0 bridgehead atoms. The van der Waals surface area contributed by atoms with Gasteiger partial charge in [0.2, 0.25) is 17.0 Å². The van der Waals surface area contributed by atoms with E-state index in [2.05, 4.69) is 15.3 Å². The van der Waals surface area contributed by atoms with Crippen LogP contribution in [-0.4, -0.2) is 44.8 Å². The van der Waals surface area contributed by atoms with Gasteiger partial charge in [-0.3, -0.25) is 14.9 Å². The molecule has 1 aromatic rings. The number of amides is 1. The van der Waals surface area contributed by atoms with E-state index < -0.39 is 11.0 Å². The summed E-state index contributed by atoms with van der Waals surface area (Å²) in [5.41, 5.74) is -0.108. The van der Waals surface area contributed by atoms with Crippen LogP contribution in [0.3, 0.4) is 0 Å². The maximum Gasteiger partial charge on any atom is 0.332 e. The van der Waals surface area contributed by atoms with Gasteiger partial charge in [0.25, 0.3) is 0 Å². The Bertz CT molecular complexity index is 574. The van der Waals surface area contributed by atoms with Crippen molar-refractivity contribution in [3.63, 3.8) is 0 Å². The Balaban J connectivity index is 2.22. The van der Waals surface area contributed by atoms with E-state index in [9.17, 15) is 14.9 Å². The summed E-state index contributed by atoms with van der Waals surface area (Å²) in [6, 6.07) is -0.618. The highest BCUT2D eigenvalue weighted by atomic mass is 35.5. The molecule has 2 rings (SSSR count). The Kier molecular flexibility index (Phi) is 4.56. The first-order valence-corrected chi connectivity index (χ1v) is 7.02. The highest BCUT2D eigenvalue weighted by molar-refractivity contribution is 6.28. The van der Waals surface area contributed by atoms with Crippen molar-refractivity contribution < 1.29 is 9.72 Å². The Labute approximate surface area is 126 Å². The van der Waals surface area contributed by atoms with E-state index in [0.717, 1.165) is 25.9 Å². The second-order valence-corrected chi connectivity index (χ2v) is 5.27. The number of aryl methyl sites for hydroxylation is 1. The standard InChI is InChI=1S/C12H16ClN5O3/c1-7-9(18(20)21)10(16-12(13)15-7)14-8(2)11(19)17-5-3-4-6-17/h8H,3-6H2,1-2H3,(H,14,15,16). The van der Waals surface area contributed by atoms with Gasteiger partial charge >= 0.3 is 5.69 Å². The molecule has 1 saturated heterocycles. The zero-order chi connectivity index (χ0) is 15.6. The predicted molar refractivity (Wildman–Crippen MR) is 77.3 cm³/mol. The number of aromatic nitrogens is 2. The maximum absolute atomic E-state index is 12.2. The smallest absolute Gasteiger partial charge is 0.332 e. The highest BCUT2D eigenvalue weighted by Crippen LogP contribution is 2.27. The SMILES string of the molecule is Cc1nc(Cl)nc(NC(C)C(=O)N2CCCC2)c1[N+](=O)[O-]. The first-order valence-electron chi connectivity index (χ1n) is 6.64. The molecule has 1 aliphatic heterocycles. The van der Waals surface area contributed by atoms with Crippen molar-refractivity contribution in [1.29, 1.82) is 0 Å². The van der Waals surface area contributed by atoms with E-state index in [4.69, 9.17) is 11.6 Å². The second-order valence-electron chi connectivity index (χ2n) is 4.93. The van der Waals surface area contributed by atoms with Gasteiger partial charge in [-0.15, -0.1) is 0 Å². The minimum absolute atomic E-state index is 0.0300. The van der Waals surface area contributed by atoms with Crippen molar-refractivity contribution in [1.82, 2.24) is 14.9 Å². The van der Waals surface area contributed by atoms with Crippen LogP contribution in [0.5, 0.6) is 0 Å². The number of nitro groups is 1. The van der Waals surface area contributed by atoms with Crippen LogP contribution in [0.25, 0.3) is 0 Å². The summed E-state index contributed by atoms with van der Waals surface area (Å²) in [5, 5.41) is 13.8. The van der Waals surface area contributed by atoms with Crippen LogP contribution in [0.2, 0.25) is 5.28 Å². The normalized spacial score (nSPS) is 15.9. The van der Waals surface area contributed by atoms with Crippen LogP contribution in [-0.2, 0) is 4.79 Å². The summed E-state index contributed by atoms with van der Waals surface area (Å²) in [7, 11) is 0. The van der Waals surface area contributed by atoms with Gasteiger partial charge in [0.05, 0.1) is 4.92 Å². The van der Waals surface area contributed by atoms with E-state index in [-0.39, 0.29) is 28.4 Å². The molecule has 0 aliphatic carbocycles. The third kappa shape index (κ3) is 3.38. The van der Waals surface area contributed by atoms with Crippen LogP contribution in [0.4, 0.5) is 11.5 Å². The van der Waals surface area contributed by atoms with E-state index in [1.54, 1.807) is 11.8 Å². The van der Waals surface area contributed by atoms with Crippen LogP contribution >= 0.6 is 11.6 Å². The van der Waals surface area contributed by atoms with Gasteiger partial charge in [0, 0.05) is 13.1 Å². The molecular formula is C12H16ClN5O3. The number of hydrogen-bond acceptors (Lipinski definition) is 6. The van der Waals surface area contributed by atoms with E-state index >= 15 is 0 Å². The first-order chi connectivity index (χ1) is 9.90. The molecule has 1 amide bonds. The number of anilines is 1. The molecule has 1 N–H and O–H groups in total. The monoisotopic (exact) mass is 313 g/mol. The quantitative estimate of drug-likeness (QED) is 0.516. The Hall–Kier alpha value is -1.96. The average Bonchev–Trinajstić information content (AvgIpc) is 2.89. The summed E-state index contributed by atoms with van der Waals surface area (Å²) < 4.78 is 0. The number of carbonyl (C=O) groups is 1. The van der Waals surface area contributed by atoms with E-state index in [1.165, 1.54) is 6.92 Å². The number of hydrogen-bond donors (Lipinski definition) is 1. The third-order valence-electron chi connectivity index (χ3n) is 3.35. The fourth-order valence-electron chi connectivity index (χ4n) is 2.33. The van der Waals surface area contributed by atoms with Crippen LogP contribution in [0.15, 0.2) is 0 Å². The van der Waals surface area contributed by atoms with Gasteiger partial charge in [-0.05, 0) is 38.3 Å². The van der Waals surface area contributed by atoms with Crippen LogP contribution < -0.4 is 5.32 Å². The zero-order valence-electron chi connectivity index (χ0n) is 11.8. The van der Waals surface area contributed by atoms with Crippen molar-refractivity contribution >= 4 is 29.0 Å². The van der Waals surface area contributed by atoms with Crippen molar-refractivity contribution in [3.05, 3.63) is 21.1 Å². The van der Waals surface area contributed by atoms with Crippen LogP contribution in [0.1, 0.15) is 25.5 Å². The van der Waals surface area contributed by atoms with E-state index in [0.29, 0.717) is 0 Å². The molecule has 1 unspecified atom stereocenters. The van der Waals surface area contributed by atoms with E-state index in [1.807, 2.05) is 0 Å². The summed E-state index contributed by atoms with van der Waals surface area (Å²) >= 11 is 5.74. The van der Waals surface area contributed by atoms with Crippen molar-refractivity contribution in [3.8, 4) is 0 Å². The lowest BCUT2D eigenvalue weighted by Crippen LogP contribution is -2.40. The molecule has 0 aromatic carbocycles. The van der Waals surface area contributed by atoms with Crippen molar-refractivity contribution in [2.24, 2.45) is 0 Å². The van der Waals surface area contributed by atoms with Gasteiger partial charge in [0.15, 0.2) is 0 Å². The molecule has 0 radical (unpaired) electrons. The average molecular weight is 314 g/mol. The van der Waals surface area contributed by atoms with Crippen molar-refractivity contribution in [2.75, 3.05) is 18.4 Å². The highest BCUT2D eigenvalue weighted by Gasteiger charge is 2.27. The summed E-state index contributed by atoms with van der Waals surface area (Å²) in [5.74, 6) is -0.133. The fraction of sp³-hybridized carbons (Fsp3) is 0.583. The number of nitrogens with zero attached hydrogens (tertiary/aromatic N) is 4. The molecule has 0 saturated carbocycles. The maximum atomic E-state index is 12.2. The molecule has 1 fully saturated rings. The lowest BCUT2D eigenvalue weighted by atomic mass is 10.2. The number of carbonyl (C=O) groups excluding carboxylic acids is 1. The third-order valence-corrected chi connectivity index (χ3v) is 3.52. The molecular weight excluding hydrogens is 298 g/mol. The second kappa shape index (κ2) is 6.21. The lowest BCUT2D eigenvalue weighted by Gasteiger charge is -2.21. The number of halogens is 1. The van der Waals surface area contributed by atoms with Gasteiger partial charge in [0.1, 0.15) is 11.7 Å². The number of rotatable bonds is 4. The van der Waals surface area contributed by atoms with Gasteiger partial charge in [-0.25, -0.2) is 4.98 Å². The topological polar surface area (TPSA) is 101 Å². The molecule has 1 aromatic heterocycles. The van der Waals surface area contributed by atoms with Crippen molar-refractivity contribution in [2.45, 2.75) is 32.7 Å². The minimum atomic E-state index is -0.618. The lowest BCUT2D eigenvalue weighted by molar-refractivity contribution is -0.385. The van der Waals surface area contributed by atoms with Crippen LogP contribution in [0, 0.1) is 17.0 Å². The summed E-state index contributed by atoms with van der Waals surface area (Å²) in [6.07, 6.45) is 1.97. The fourth-order valence-corrected chi connectivity index (χ4v) is 2.54. The molecule has 1 aliphatic rings. The molecule has 0 spiro atoms. The zero-order valence-corrected chi connectivity index (χ0v) is 12.6. The molecule has 114 valence electrons. The largest absolute Gasteiger partial charge is 0.353 e. The Morgan fingerprint density at radius 2 is 2.05 bits per heavy atom. The molecule has 8 nitrogen and oxygen atoms in total. The van der Waals surface area contributed by atoms with Gasteiger partial charge in [-0.1, -0.05) is 0 Å². The molecule has 21 heavy (non-hydrogen) atoms. The Morgan fingerprint density at radius 3 is 2.62 bits per heavy atom. The summed E-state index contributed by atoms with van der Waals surface area (Å²) in [4.78, 5) is 32.1.